The number of esters is 1. The zero-order chi connectivity index (χ0) is 13.8. The molecule has 0 aliphatic carbocycles. The number of anilines is 1. The highest BCUT2D eigenvalue weighted by Gasteiger charge is 2.20. The summed E-state index contributed by atoms with van der Waals surface area (Å²) in [6.07, 6.45) is 0. The van der Waals surface area contributed by atoms with Crippen LogP contribution in [0.25, 0.3) is 0 Å². The lowest BCUT2D eigenvalue weighted by molar-refractivity contribution is 0.0517. The predicted octanol–water partition coefficient (Wildman–Crippen LogP) is 2.29. The number of ether oxygens (including phenoxy) is 1. The molecule has 0 atom stereocenters. The maximum absolute atomic E-state index is 11.7. The SMILES string of the molecule is CCOC(=O)c1nn(Cc2ccccc2)c(N)c1I. The Balaban J connectivity index is 2.28. The second-order valence-electron chi connectivity index (χ2n) is 3.91. The number of hydrogen-bond acceptors (Lipinski definition) is 4. The third kappa shape index (κ3) is 3.06. The zero-order valence-electron chi connectivity index (χ0n) is 10.5. The molecule has 0 bridgehead atoms. The Bertz CT molecular complexity index is 581. The first kappa shape index (κ1) is 13.9. The van der Waals surface area contributed by atoms with E-state index < -0.39 is 5.97 Å². The number of benzene rings is 1. The Morgan fingerprint density at radius 3 is 2.74 bits per heavy atom. The Kier molecular flexibility index (Phi) is 4.41. The molecule has 100 valence electrons. The summed E-state index contributed by atoms with van der Waals surface area (Å²) in [6, 6.07) is 9.82. The van der Waals surface area contributed by atoms with Gasteiger partial charge < -0.3 is 10.5 Å². The number of carbonyl (C=O) groups excluding carboxylic acids is 1. The number of nitrogen functional groups attached to an aromatic ring is 1. The van der Waals surface area contributed by atoms with Gasteiger partial charge in [-0.05, 0) is 35.1 Å². The lowest BCUT2D eigenvalue weighted by atomic mass is 10.2. The van der Waals surface area contributed by atoms with Gasteiger partial charge in [0.2, 0.25) is 0 Å². The molecule has 19 heavy (non-hydrogen) atoms. The molecule has 0 amide bonds. The summed E-state index contributed by atoms with van der Waals surface area (Å²) < 4.78 is 7.20. The molecule has 2 N–H and O–H groups in total. The molecular formula is C13H14IN3O2. The van der Waals surface area contributed by atoms with Crippen LogP contribution < -0.4 is 5.73 Å². The van der Waals surface area contributed by atoms with Gasteiger partial charge in [0.05, 0.1) is 16.7 Å². The minimum absolute atomic E-state index is 0.274. The summed E-state index contributed by atoms with van der Waals surface area (Å²) >= 11 is 2.01. The number of nitrogens with zero attached hydrogens (tertiary/aromatic N) is 2. The van der Waals surface area contributed by atoms with E-state index in [2.05, 4.69) is 5.10 Å². The summed E-state index contributed by atoms with van der Waals surface area (Å²) in [7, 11) is 0. The minimum atomic E-state index is -0.439. The molecule has 0 unspecified atom stereocenters. The molecule has 1 heterocycles. The average molecular weight is 371 g/mol. The highest BCUT2D eigenvalue weighted by Crippen LogP contribution is 2.21. The third-order valence-electron chi connectivity index (χ3n) is 2.58. The van der Waals surface area contributed by atoms with E-state index in [4.69, 9.17) is 10.5 Å². The Hall–Kier alpha value is -1.57. The highest BCUT2D eigenvalue weighted by atomic mass is 127. The standard InChI is InChI=1S/C13H14IN3O2/c1-2-19-13(18)11-10(14)12(15)17(16-11)8-9-6-4-3-5-7-9/h3-7H,2,8,15H2,1H3. The lowest BCUT2D eigenvalue weighted by Gasteiger charge is -2.03. The van der Waals surface area contributed by atoms with Crippen molar-refractivity contribution < 1.29 is 9.53 Å². The maximum Gasteiger partial charge on any atom is 0.360 e. The van der Waals surface area contributed by atoms with Gasteiger partial charge in [0.15, 0.2) is 5.69 Å². The Morgan fingerprint density at radius 1 is 1.42 bits per heavy atom. The molecule has 5 nitrogen and oxygen atoms in total. The van der Waals surface area contributed by atoms with Gasteiger partial charge in [0.25, 0.3) is 0 Å². The molecule has 6 heteroatoms. The fourth-order valence-corrected chi connectivity index (χ4v) is 2.27. The molecule has 0 spiro atoms. The maximum atomic E-state index is 11.7. The van der Waals surface area contributed by atoms with Gasteiger partial charge in [-0.2, -0.15) is 5.10 Å². The van der Waals surface area contributed by atoms with Crippen LogP contribution in [0.5, 0.6) is 0 Å². The quantitative estimate of drug-likeness (QED) is 0.662. The van der Waals surface area contributed by atoms with E-state index >= 15 is 0 Å². The second-order valence-corrected chi connectivity index (χ2v) is 4.99. The van der Waals surface area contributed by atoms with E-state index in [9.17, 15) is 4.79 Å². The van der Waals surface area contributed by atoms with Crippen LogP contribution in [0.1, 0.15) is 23.0 Å². The lowest BCUT2D eigenvalue weighted by Crippen LogP contribution is -2.09. The van der Waals surface area contributed by atoms with Crippen LogP contribution in [0.3, 0.4) is 0 Å². The number of hydrogen-bond donors (Lipinski definition) is 1. The summed E-state index contributed by atoms with van der Waals surface area (Å²) in [6.45, 7) is 2.61. The Morgan fingerprint density at radius 2 is 2.11 bits per heavy atom. The number of aromatic nitrogens is 2. The number of nitrogens with two attached hydrogens (primary N) is 1. The molecule has 2 rings (SSSR count). The first-order valence-corrected chi connectivity index (χ1v) is 6.94. The van der Waals surface area contributed by atoms with Crippen molar-refractivity contribution in [3.63, 3.8) is 0 Å². The number of carbonyl (C=O) groups is 1. The molecule has 1 aromatic carbocycles. The minimum Gasteiger partial charge on any atom is -0.461 e. The molecule has 2 aromatic rings. The van der Waals surface area contributed by atoms with Gasteiger partial charge in [-0.3, -0.25) is 0 Å². The van der Waals surface area contributed by atoms with Gasteiger partial charge in [-0.25, -0.2) is 9.48 Å². The van der Waals surface area contributed by atoms with Crippen LogP contribution in [0.15, 0.2) is 30.3 Å². The summed E-state index contributed by atoms with van der Waals surface area (Å²) in [5, 5.41) is 4.23. The van der Waals surface area contributed by atoms with Crippen molar-refractivity contribution in [1.29, 1.82) is 0 Å². The van der Waals surface area contributed by atoms with Crippen LogP contribution in [0, 0.1) is 3.57 Å². The van der Waals surface area contributed by atoms with Crippen molar-refractivity contribution in [1.82, 2.24) is 9.78 Å². The molecule has 0 saturated heterocycles. The molecule has 0 saturated carbocycles. The van der Waals surface area contributed by atoms with Crippen molar-refractivity contribution in [3.05, 3.63) is 45.2 Å². The number of halogens is 1. The molecule has 0 aliphatic heterocycles. The molecule has 0 radical (unpaired) electrons. The molecule has 1 aromatic heterocycles. The fraction of sp³-hybridized carbons (Fsp3) is 0.231. The average Bonchev–Trinajstić information content (AvgIpc) is 2.69. The van der Waals surface area contributed by atoms with E-state index in [1.807, 2.05) is 52.9 Å². The molecule has 0 fully saturated rings. The first-order valence-electron chi connectivity index (χ1n) is 5.86. The Labute approximate surface area is 124 Å². The first-order chi connectivity index (χ1) is 9.13. The van der Waals surface area contributed by atoms with Crippen molar-refractivity contribution >= 4 is 34.4 Å². The van der Waals surface area contributed by atoms with Crippen LogP contribution in [-0.4, -0.2) is 22.4 Å². The van der Waals surface area contributed by atoms with Crippen molar-refractivity contribution in [3.8, 4) is 0 Å². The third-order valence-corrected chi connectivity index (χ3v) is 3.64. The van der Waals surface area contributed by atoms with E-state index in [-0.39, 0.29) is 5.69 Å². The smallest absolute Gasteiger partial charge is 0.360 e. The van der Waals surface area contributed by atoms with Crippen LogP contribution in [0.4, 0.5) is 5.82 Å². The van der Waals surface area contributed by atoms with Gasteiger partial charge in [-0.15, -0.1) is 0 Å². The van der Waals surface area contributed by atoms with Gasteiger partial charge in [0.1, 0.15) is 5.82 Å². The summed E-state index contributed by atoms with van der Waals surface area (Å²) in [4.78, 5) is 11.7. The van der Waals surface area contributed by atoms with Gasteiger partial charge in [-0.1, -0.05) is 30.3 Å². The van der Waals surface area contributed by atoms with E-state index in [0.29, 0.717) is 22.5 Å². The van der Waals surface area contributed by atoms with Crippen molar-refractivity contribution in [2.45, 2.75) is 13.5 Å². The van der Waals surface area contributed by atoms with Gasteiger partial charge in [0, 0.05) is 0 Å². The van der Waals surface area contributed by atoms with Gasteiger partial charge >= 0.3 is 5.97 Å². The van der Waals surface area contributed by atoms with Crippen LogP contribution in [0.2, 0.25) is 0 Å². The normalized spacial score (nSPS) is 10.4. The monoisotopic (exact) mass is 371 g/mol. The largest absolute Gasteiger partial charge is 0.461 e. The fourth-order valence-electron chi connectivity index (χ4n) is 1.66. The second kappa shape index (κ2) is 6.05. The van der Waals surface area contributed by atoms with Crippen LogP contribution in [-0.2, 0) is 11.3 Å². The molecule has 0 aliphatic rings. The zero-order valence-corrected chi connectivity index (χ0v) is 12.6. The summed E-state index contributed by atoms with van der Waals surface area (Å²) in [5.41, 5.74) is 7.32. The van der Waals surface area contributed by atoms with Crippen molar-refractivity contribution in [2.24, 2.45) is 0 Å². The molecular weight excluding hydrogens is 357 g/mol. The summed E-state index contributed by atoms with van der Waals surface area (Å²) in [5.74, 6) is 0.0397. The van der Waals surface area contributed by atoms with E-state index in [1.54, 1.807) is 11.6 Å². The highest BCUT2D eigenvalue weighted by molar-refractivity contribution is 14.1. The predicted molar refractivity (Wildman–Crippen MR) is 80.9 cm³/mol. The van der Waals surface area contributed by atoms with Crippen LogP contribution >= 0.6 is 22.6 Å². The van der Waals surface area contributed by atoms with E-state index in [1.165, 1.54) is 0 Å². The topological polar surface area (TPSA) is 70.1 Å². The van der Waals surface area contributed by atoms with E-state index in [0.717, 1.165) is 5.56 Å². The number of rotatable bonds is 4. The van der Waals surface area contributed by atoms with Crippen molar-refractivity contribution in [2.75, 3.05) is 12.3 Å².